The lowest BCUT2D eigenvalue weighted by atomic mass is 9.86. The fraction of sp³-hybridized carbons (Fsp3) is 0.217. The molecule has 0 saturated carbocycles. The minimum absolute atomic E-state index is 0.0912. The number of hydrogen-bond acceptors (Lipinski definition) is 3. The number of fused-ring (bicyclic) bond motifs is 1. The molecule has 1 aliphatic rings. The Morgan fingerprint density at radius 3 is 2.36 bits per heavy atom. The van der Waals surface area contributed by atoms with E-state index in [4.69, 9.17) is 4.99 Å². The van der Waals surface area contributed by atoms with E-state index in [0.29, 0.717) is 29.5 Å². The number of aliphatic imine (C=N–C) groups is 1. The number of nitrogens with zero attached hydrogens (tertiary/aromatic N) is 2. The van der Waals surface area contributed by atoms with Crippen molar-refractivity contribution < 1.29 is 0 Å². The summed E-state index contributed by atoms with van der Waals surface area (Å²) in [7, 11) is 0. The van der Waals surface area contributed by atoms with Crippen molar-refractivity contribution in [2.24, 2.45) is 4.99 Å². The van der Waals surface area contributed by atoms with Crippen molar-refractivity contribution in [2.45, 2.75) is 32.6 Å². The average molecular weight is 372 g/mol. The zero-order chi connectivity index (χ0) is 19.9. The van der Waals surface area contributed by atoms with Crippen molar-refractivity contribution in [2.75, 3.05) is 0 Å². The summed E-state index contributed by atoms with van der Waals surface area (Å²) in [5.41, 5.74) is 3.87. The van der Waals surface area contributed by atoms with Gasteiger partial charge in [-0.1, -0.05) is 81.9 Å². The lowest BCUT2D eigenvalue weighted by Crippen LogP contribution is -2.29. The molecule has 0 atom stereocenters. The molecule has 0 fully saturated rings. The largest absolute Gasteiger partial charge is 0.325 e. The number of H-pyrrole nitrogens is 1. The summed E-state index contributed by atoms with van der Waals surface area (Å²) in [6, 6.07) is 18.3. The van der Waals surface area contributed by atoms with Crippen LogP contribution in [0.15, 0.2) is 71.0 Å². The molecule has 0 amide bonds. The van der Waals surface area contributed by atoms with E-state index in [0.717, 1.165) is 11.1 Å². The quantitative estimate of drug-likeness (QED) is 0.725. The fourth-order valence-electron chi connectivity index (χ4n) is 3.32. The Bertz CT molecular complexity index is 1110. The average Bonchev–Trinajstić information content (AvgIpc) is 2.98. The van der Waals surface area contributed by atoms with E-state index < -0.39 is 0 Å². The smallest absolute Gasteiger partial charge is 0.270 e. The molecule has 0 aliphatic carbocycles. The van der Waals surface area contributed by atoms with Crippen molar-refractivity contribution in [3.8, 4) is 0 Å². The molecule has 0 spiro atoms. The van der Waals surface area contributed by atoms with Gasteiger partial charge in [0.1, 0.15) is 11.7 Å². The lowest BCUT2D eigenvalue weighted by Gasteiger charge is -2.22. The van der Waals surface area contributed by atoms with Gasteiger partial charge >= 0.3 is 0 Å². The summed E-state index contributed by atoms with van der Waals surface area (Å²) in [6.07, 6.45) is 0.519. The minimum atomic E-state index is -0.144. The van der Waals surface area contributed by atoms with E-state index in [9.17, 15) is 4.79 Å². The summed E-state index contributed by atoms with van der Waals surface area (Å²) in [6.45, 7) is 10.6. The molecule has 3 aromatic rings. The number of rotatable bonds is 3. The van der Waals surface area contributed by atoms with Crippen LogP contribution in [0.5, 0.6) is 0 Å². The van der Waals surface area contributed by atoms with Gasteiger partial charge in [0, 0.05) is 12.0 Å². The van der Waals surface area contributed by atoms with Gasteiger partial charge in [-0.05, 0) is 16.5 Å². The van der Waals surface area contributed by atoms with E-state index in [1.54, 1.807) is 4.68 Å². The second-order valence-electron chi connectivity index (χ2n) is 8.10. The van der Waals surface area contributed by atoms with Crippen LogP contribution in [0.2, 0.25) is 0 Å². The molecule has 1 aliphatic heterocycles. The summed E-state index contributed by atoms with van der Waals surface area (Å²) in [5, 5.41) is 6.03. The van der Waals surface area contributed by atoms with E-state index >= 15 is 0 Å². The van der Waals surface area contributed by atoms with Crippen LogP contribution in [0.1, 0.15) is 43.0 Å². The molecule has 142 valence electrons. The molecule has 2 aromatic carbocycles. The molecule has 1 aromatic heterocycles. The molecule has 0 radical (unpaired) electrons. The van der Waals surface area contributed by atoms with Gasteiger partial charge in [0.05, 0.1) is 5.56 Å². The molecule has 4 rings (SSSR count). The van der Waals surface area contributed by atoms with Crippen LogP contribution in [0.25, 0.3) is 5.82 Å². The number of amidine groups is 1. The summed E-state index contributed by atoms with van der Waals surface area (Å²) in [4.78, 5) is 17.3. The number of hydrogen-bond donors (Lipinski definition) is 2. The topological polar surface area (TPSA) is 62.2 Å². The Labute approximate surface area is 164 Å². The number of aromatic amines is 1. The number of aromatic nitrogens is 2. The first-order chi connectivity index (χ1) is 13.3. The molecular weight excluding hydrogens is 348 g/mol. The highest BCUT2D eigenvalue weighted by molar-refractivity contribution is 6.04. The molecule has 0 bridgehead atoms. The van der Waals surface area contributed by atoms with Gasteiger partial charge in [-0.3, -0.25) is 9.89 Å². The molecule has 5 heteroatoms. The van der Waals surface area contributed by atoms with E-state index in [2.05, 4.69) is 62.0 Å². The van der Waals surface area contributed by atoms with Crippen molar-refractivity contribution in [1.82, 2.24) is 15.1 Å². The first kappa shape index (κ1) is 18.0. The summed E-state index contributed by atoms with van der Waals surface area (Å²) in [5.74, 6) is 1.88. The van der Waals surface area contributed by atoms with Crippen molar-refractivity contribution in [3.05, 3.63) is 93.8 Å². The molecular formula is C23H24N4O. The highest BCUT2D eigenvalue weighted by Crippen LogP contribution is 2.27. The molecule has 28 heavy (non-hydrogen) atoms. The van der Waals surface area contributed by atoms with Crippen LogP contribution in [-0.4, -0.2) is 15.6 Å². The Kier molecular flexibility index (Phi) is 4.30. The first-order valence-corrected chi connectivity index (χ1v) is 9.36. The predicted octanol–water partition coefficient (Wildman–Crippen LogP) is 4.17. The second-order valence-corrected chi connectivity index (χ2v) is 8.10. The highest BCUT2D eigenvalue weighted by atomic mass is 16.1. The molecule has 0 saturated heterocycles. The molecule has 2 heterocycles. The third-order valence-electron chi connectivity index (χ3n) is 4.97. The van der Waals surface area contributed by atoms with Crippen LogP contribution < -0.4 is 10.9 Å². The van der Waals surface area contributed by atoms with Gasteiger partial charge in [0.15, 0.2) is 5.82 Å². The Balaban J connectivity index is 1.74. The molecule has 5 nitrogen and oxygen atoms in total. The highest BCUT2D eigenvalue weighted by Gasteiger charge is 2.23. The van der Waals surface area contributed by atoms with Crippen LogP contribution in [0.3, 0.4) is 0 Å². The maximum atomic E-state index is 12.5. The monoisotopic (exact) mass is 372 g/mol. The van der Waals surface area contributed by atoms with E-state index in [1.165, 1.54) is 5.56 Å². The zero-order valence-electron chi connectivity index (χ0n) is 16.4. The zero-order valence-corrected chi connectivity index (χ0v) is 16.4. The number of benzene rings is 2. The van der Waals surface area contributed by atoms with Gasteiger partial charge in [-0.2, -0.15) is 0 Å². The van der Waals surface area contributed by atoms with E-state index in [-0.39, 0.29) is 11.0 Å². The maximum absolute atomic E-state index is 12.5. The first-order valence-electron chi connectivity index (χ1n) is 9.36. The maximum Gasteiger partial charge on any atom is 0.270 e. The SMILES string of the molecule is C=C1NC(c2ccc(C(C)(C)C)cc2)=Nc2c(Cc3ccccc3)c(=O)[nH]n21. The van der Waals surface area contributed by atoms with Gasteiger partial charge in [-0.15, -0.1) is 0 Å². The van der Waals surface area contributed by atoms with E-state index in [1.807, 2.05) is 30.3 Å². The van der Waals surface area contributed by atoms with Gasteiger partial charge < -0.3 is 5.32 Å². The van der Waals surface area contributed by atoms with Crippen LogP contribution in [0, 0.1) is 0 Å². The third-order valence-corrected chi connectivity index (χ3v) is 4.97. The van der Waals surface area contributed by atoms with Crippen LogP contribution in [-0.2, 0) is 11.8 Å². The standard InChI is InChI=1S/C23H24N4O/c1-15-24-20(17-10-12-18(13-11-17)23(2,3)4)25-21-19(22(28)26-27(15)21)14-16-8-6-5-7-9-16/h5-13H,1,14H2,2-4H3,(H,24,25)(H,26,28). The van der Waals surface area contributed by atoms with Crippen LogP contribution >= 0.6 is 0 Å². The van der Waals surface area contributed by atoms with Crippen molar-refractivity contribution >= 4 is 17.5 Å². The Morgan fingerprint density at radius 1 is 1.04 bits per heavy atom. The predicted molar refractivity (Wildman–Crippen MR) is 114 cm³/mol. The Hall–Kier alpha value is -3.34. The van der Waals surface area contributed by atoms with Gasteiger partial charge in [-0.25, -0.2) is 9.67 Å². The number of nitrogens with one attached hydrogen (secondary N) is 2. The van der Waals surface area contributed by atoms with Crippen LogP contribution in [0.4, 0.5) is 5.82 Å². The molecule has 0 unspecified atom stereocenters. The summed E-state index contributed by atoms with van der Waals surface area (Å²) < 4.78 is 1.62. The minimum Gasteiger partial charge on any atom is -0.325 e. The normalized spacial score (nSPS) is 13.7. The fourth-order valence-corrected chi connectivity index (χ4v) is 3.32. The summed E-state index contributed by atoms with van der Waals surface area (Å²) >= 11 is 0. The van der Waals surface area contributed by atoms with Crippen molar-refractivity contribution in [1.29, 1.82) is 0 Å². The Morgan fingerprint density at radius 2 is 1.71 bits per heavy atom. The lowest BCUT2D eigenvalue weighted by molar-refractivity contribution is 0.590. The third kappa shape index (κ3) is 3.31. The van der Waals surface area contributed by atoms with Gasteiger partial charge in [0.2, 0.25) is 0 Å². The molecule has 2 N–H and O–H groups in total. The van der Waals surface area contributed by atoms with Gasteiger partial charge in [0.25, 0.3) is 5.56 Å². The second kappa shape index (κ2) is 6.68. The van der Waals surface area contributed by atoms with Crippen molar-refractivity contribution in [3.63, 3.8) is 0 Å².